The Morgan fingerprint density at radius 3 is 2.47 bits per heavy atom. The molecule has 6 nitrogen and oxygen atoms in total. The van der Waals surface area contributed by atoms with Crippen LogP contribution in [0.3, 0.4) is 0 Å². The molecule has 0 unspecified atom stereocenters. The highest BCUT2D eigenvalue weighted by Gasteiger charge is 2.22. The molecule has 0 heterocycles. The van der Waals surface area contributed by atoms with Gasteiger partial charge in [0, 0.05) is 6.07 Å². The minimum absolute atomic E-state index is 0.0332. The largest absolute Gasteiger partial charge is 0.484 e. The summed E-state index contributed by atoms with van der Waals surface area (Å²) < 4.78 is 29.1. The van der Waals surface area contributed by atoms with Gasteiger partial charge in [-0.2, -0.15) is 0 Å². The fourth-order valence-electron chi connectivity index (χ4n) is 1.57. The van der Waals surface area contributed by atoms with Gasteiger partial charge in [-0.05, 0) is 32.4 Å². The number of sulfone groups is 1. The summed E-state index contributed by atoms with van der Waals surface area (Å²) in [7, 11) is -3.47. The summed E-state index contributed by atoms with van der Waals surface area (Å²) in [5.74, 6) is 0.0459. The average molecular weight is 287 g/mol. The Morgan fingerprint density at radius 1 is 1.37 bits per heavy atom. The minimum Gasteiger partial charge on any atom is -0.484 e. The van der Waals surface area contributed by atoms with Crippen molar-refractivity contribution in [2.24, 2.45) is 0 Å². The first kappa shape index (κ1) is 15.4. The average Bonchev–Trinajstić information content (AvgIpc) is 2.27. The van der Waals surface area contributed by atoms with Gasteiger partial charge in [-0.3, -0.25) is 10.1 Å². The highest BCUT2D eigenvalue weighted by Crippen LogP contribution is 2.30. The number of hydrogen-bond donors (Lipinski definition) is 0. The van der Waals surface area contributed by atoms with Crippen molar-refractivity contribution in [1.29, 1.82) is 0 Å². The highest BCUT2D eigenvalue weighted by atomic mass is 32.2. The van der Waals surface area contributed by atoms with Gasteiger partial charge in [-0.15, -0.1) is 0 Å². The molecule has 0 fully saturated rings. The second-order valence-corrected chi connectivity index (χ2v) is 6.48. The Morgan fingerprint density at radius 2 is 2.00 bits per heavy atom. The number of benzene rings is 1. The molecule has 0 saturated carbocycles. The topological polar surface area (TPSA) is 86.5 Å². The number of ether oxygens (including phenoxy) is 1. The second-order valence-electron chi connectivity index (χ2n) is 4.37. The van der Waals surface area contributed by atoms with Gasteiger partial charge in [0.1, 0.15) is 0 Å². The van der Waals surface area contributed by atoms with E-state index in [1.54, 1.807) is 20.8 Å². The van der Waals surface area contributed by atoms with E-state index in [9.17, 15) is 18.5 Å². The van der Waals surface area contributed by atoms with Crippen LogP contribution in [0.25, 0.3) is 0 Å². The van der Waals surface area contributed by atoms with E-state index in [1.807, 2.05) is 0 Å². The molecule has 0 aromatic heterocycles. The van der Waals surface area contributed by atoms with Gasteiger partial charge in [-0.1, -0.05) is 6.92 Å². The maximum absolute atomic E-state index is 11.9. The summed E-state index contributed by atoms with van der Waals surface area (Å²) in [6.07, 6.45) is 0.234. The van der Waals surface area contributed by atoms with Gasteiger partial charge in [0.15, 0.2) is 15.6 Å². The summed E-state index contributed by atoms with van der Waals surface area (Å²) in [5.41, 5.74) is -0.328. The van der Waals surface area contributed by atoms with Crippen molar-refractivity contribution in [2.45, 2.75) is 38.2 Å². The van der Waals surface area contributed by atoms with Crippen molar-refractivity contribution >= 4 is 15.5 Å². The standard InChI is InChI=1S/C12H17NO5S/c1-4-7-19(16,17)10-5-6-12(18-9(2)3)11(8-10)13(14)15/h5-6,8-9H,4,7H2,1-3H3. The second kappa shape index (κ2) is 6.01. The Kier molecular flexibility index (Phi) is 4.88. The van der Waals surface area contributed by atoms with Gasteiger partial charge >= 0.3 is 5.69 Å². The SMILES string of the molecule is CCCS(=O)(=O)c1ccc(OC(C)C)c([N+](=O)[O-])c1. The first-order valence-corrected chi connectivity index (χ1v) is 7.61. The van der Waals surface area contributed by atoms with Crippen LogP contribution >= 0.6 is 0 Å². The molecule has 1 aromatic carbocycles. The number of hydrogen-bond acceptors (Lipinski definition) is 5. The van der Waals surface area contributed by atoms with Crippen LogP contribution in [-0.4, -0.2) is 25.2 Å². The van der Waals surface area contributed by atoms with E-state index in [2.05, 4.69) is 0 Å². The molecule has 0 saturated heterocycles. The Hall–Kier alpha value is -1.63. The molecule has 0 aliphatic rings. The van der Waals surface area contributed by atoms with Crippen LogP contribution in [0.1, 0.15) is 27.2 Å². The van der Waals surface area contributed by atoms with E-state index in [-0.39, 0.29) is 28.2 Å². The third-order valence-electron chi connectivity index (χ3n) is 2.32. The van der Waals surface area contributed by atoms with Crippen LogP contribution < -0.4 is 4.74 Å². The molecular weight excluding hydrogens is 270 g/mol. The zero-order valence-electron chi connectivity index (χ0n) is 11.1. The number of nitro benzene ring substituents is 1. The molecule has 1 aromatic rings. The van der Waals surface area contributed by atoms with Crippen LogP contribution in [0.15, 0.2) is 23.1 Å². The molecule has 0 atom stereocenters. The van der Waals surface area contributed by atoms with Gasteiger partial charge in [-0.25, -0.2) is 8.42 Å². The zero-order valence-corrected chi connectivity index (χ0v) is 11.9. The van der Waals surface area contributed by atoms with E-state index >= 15 is 0 Å². The lowest BCUT2D eigenvalue weighted by Crippen LogP contribution is -2.10. The molecule has 0 bridgehead atoms. The maximum Gasteiger partial charge on any atom is 0.312 e. The van der Waals surface area contributed by atoms with Crippen LogP contribution in [0.2, 0.25) is 0 Å². The van der Waals surface area contributed by atoms with Crippen molar-refractivity contribution < 1.29 is 18.1 Å². The number of rotatable bonds is 6. The first-order valence-electron chi connectivity index (χ1n) is 5.95. The smallest absolute Gasteiger partial charge is 0.312 e. The first-order chi connectivity index (χ1) is 8.77. The summed E-state index contributed by atoms with van der Waals surface area (Å²) in [5, 5.41) is 11.0. The molecule has 0 radical (unpaired) electrons. The quantitative estimate of drug-likeness (QED) is 0.592. The molecule has 0 N–H and O–H groups in total. The van der Waals surface area contributed by atoms with Crippen LogP contribution in [0, 0.1) is 10.1 Å². The fraction of sp³-hybridized carbons (Fsp3) is 0.500. The lowest BCUT2D eigenvalue weighted by molar-refractivity contribution is -0.386. The summed E-state index contributed by atoms with van der Waals surface area (Å²) in [6, 6.07) is 3.74. The lowest BCUT2D eigenvalue weighted by Gasteiger charge is -2.11. The van der Waals surface area contributed by atoms with Gasteiger partial charge in [0.2, 0.25) is 0 Å². The van der Waals surface area contributed by atoms with Crippen molar-refractivity contribution in [2.75, 3.05) is 5.75 Å². The van der Waals surface area contributed by atoms with Crippen LogP contribution in [0.5, 0.6) is 5.75 Å². The highest BCUT2D eigenvalue weighted by molar-refractivity contribution is 7.91. The van der Waals surface area contributed by atoms with Crippen molar-refractivity contribution in [1.82, 2.24) is 0 Å². The summed E-state index contributed by atoms with van der Waals surface area (Å²) in [6.45, 7) is 5.22. The Balaban J connectivity index is 3.27. The molecule has 0 aliphatic heterocycles. The zero-order chi connectivity index (χ0) is 14.6. The molecule has 19 heavy (non-hydrogen) atoms. The summed E-state index contributed by atoms with van der Waals surface area (Å²) >= 11 is 0. The van der Waals surface area contributed by atoms with E-state index < -0.39 is 14.8 Å². The van der Waals surface area contributed by atoms with E-state index in [0.29, 0.717) is 6.42 Å². The van der Waals surface area contributed by atoms with Crippen molar-refractivity contribution in [3.05, 3.63) is 28.3 Å². The molecule has 0 amide bonds. The lowest BCUT2D eigenvalue weighted by atomic mass is 10.3. The van der Waals surface area contributed by atoms with E-state index in [1.165, 1.54) is 12.1 Å². The third-order valence-corrected chi connectivity index (χ3v) is 4.24. The molecule has 0 spiro atoms. The molecule has 0 aliphatic carbocycles. The Bertz CT molecular complexity index is 565. The summed E-state index contributed by atoms with van der Waals surface area (Å²) in [4.78, 5) is 10.3. The normalized spacial score (nSPS) is 11.6. The number of nitro groups is 1. The van der Waals surface area contributed by atoms with Crippen LogP contribution in [-0.2, 0) is 9.84 Å². The van der Waals surface area contributed by atoms with Gasteiger partial charge in [0.05, 0.1) is 21.7 Å². The molecule has 1 rings (SSSR count). The molecule has 7 heteroatoms. The van der Waals surface area contributed by atoms with Crippen molar-refractivity contribution in [3.8, 4) is 5.75 Å². The van der Waals surface area contributed by atoms with E-state index in [0.717, 1.165) is 6.07 Å². The monoisotopic (exact) mass is 287 g/mol. The van der Waals surface area contributed by atoms with Crippen LogP contribution in [0.4, 0.5) is 5.69 Å². The maximum atomic E-state index is 11.9. The van der Waals surface area contributed by atoms with Gasteiger partial charge < -0.3 is 4.74 Å². The third kappa shape index (κ3) is 3.92. The minimum atomic E-state index is -3.47. The van der Waals surface area contributed by atoms with Crippen molar-refractivity contribution in [3.63, 3.8) is 0 Å². The predicted molar refractivity (Wildman–Crippen MR) is 71.2 cm³/mol. The Labute approximate surface area is 112 Å². The fourth-order valence-corrected chi connectivity index (χ4v) is 2.91. The van der Waals surface area contributed by atoms with Gasteiger partial charge in [0.25, 0.3) is 0 Å². The number of nitrogens with zero attached hydrogens (tertiary/aromatic N) is 1. The molecule has 106 valence electrons. The predicted octanol–water partition coefficient (Wildman–Crippen LogP) is 2.57. The molecular formula is C12H17NO5S. The van der Waals surface area contributed by atoms with E-state index in [4.69, 9.17) is 4.74 Å².